The lowest BCUT2D eigenvalue weighted by molar-refractivity contribution is 0.512. The molecule has 0 fully saturated rings. The third-order valence-corrected chi connectivity index (χ3v) is 4.23. The lowest BCUT2D eigenvalue weighted by Crippen LogP contribution is -2.24. The monoisotopic (exact) mass is 311 g/mol. The number of hydrogen-bond acceptors (Lipinski definition) is 3. The van der Waals surface area contributed by atoms with Gasteiger partial charge < -0.3 is 10.6 Å². The highest BCUT2D eigenvalue weighted by Crippen LogP contribution is 2.21. The molecule has 1 unspecified atom stereocenters. The highest BCUT2D eigenvalue weighted by Gasteiger charge is 2.10. The molecule has 3 heteroatoms. The summed E-state index contributed by atoms with van der Waals surface area (Å²) in [6, 6.07) is 15.4. The Morgan fingerprint density at radius 1 is 0.957 bits per heavy atom. The number of aliphatic imine (C=N–C) groups is 1. The van der Waals surface area contributed by atoms with Gasteiger partial charge in [-0.05, 0) is 62.1 Å². The first-order valence-electron chi connectivity index (χ1n) is 8.64. The van der Waals surface area contributed by atoms with E-state index in [4.69, 9.17) is 0 Å². The summed E-state index contributed by atoms with van der Waals surface area (Å²) in [5.74, 6) is 0. The Balaban J connectivity index is 1.87. The van der Waals surface area contributed by atoms with Crippen molar-refractivity contribution in [2.45, 2.75) is 31.7 Å². The fraction of sp³-hybridized carbons (Fsp3) is 0.450. The summed E-state index contributed by atoms with van der Waals surface area (Å²) in [4.78, 5) is 4.11. The van der Waals surface area contributed by atoms with Crippen LogP contribution in [0, 0.1) is 0 Å². The van der Waals surface area contributed by atoms with Crippen molar-refractivity contribution < 1.29 is 0 Å². The van der Waals surface area contributed by atoms with Gasteiger partial charge in [-0.15, -0.1) is 0 Å². The summed E-state index contributed by atoms with van der Waals surface area (Å²) < 4.78 is 0. The van der Waals surface area contributed by atoms with Crippen LogP contribution in [0.1, 0.15) is 37.3 Å². The van der Waals surface area contributed by atoms with E-state index in [1.54, 1.807) is 0 Å². The van der Waals surface area contributed by atoms with Crippen LogP contribution in [0.5, 0.6) is 0 Å². The molecule has 0 bridgehead atoms. The standard InChI is InChI=1S/C20H29N3/c1-21-13-7-3-4-8-14-23-20(16-22-2)19-12-11-17-9-5-6-10-18(17)15-19/h5-6,9-12,15,20-21,23H,2-4,7-8,13-14,16H2,1H3. The minimum absolute atomic E-state index is 0.259. The Kier molecular flexibility index (Phi) is 7.78. The van der Waals surface area contributed by atoms with Crippen LogP contribution in [-0.4, -0.2) is 33.4 Å². The van der Waals surface area contributed by atoms with Gasteiger partial charge in [-0.2, -0.15) is 0 Å². The minimum Gasteiger partial charge on any atom is -0.320 e. The maximum absolute atomic E-state index is 4.11. The number of nitrogens with zero attached hydrogens (tertiary/aromatic N) is 1. The molecule has 3 nitrogen and oxygen atoms in total. The molecule has 0 aliphatic carbocycles. The molecule has 2 aromatic carbocycles. The fourth-order valence-corrected chi connectivity index (χ4v) is 2.90. The van der Waals surface area contributed by atoms with Crippen LogP contribution in [0.4, 0.5) is 0 Å². The van der Waals surface area contributed by atoms with Gasteiger partial charge in [0.25, 0.3) is 0 Å². The van der Waals surface area contributed by atoms with Gasteiger partial charge in [0.2, 0.25) is 0 Å². The fourth-order valence-electron chi connectivity index (χ4n) is 2.90. The molecule has 1 atom stereocenters. The Morgan fingerprint density at radius 2 is 1.70 bits per heavy atom. The Labute approximate surface area is 140 Å². The summed E-state index contributed by atoms with van der Waals surface area (Å²) in [7, 11) is 2.01. The van der Waals surface area contributed by atoms with E-state index in [2.05, 4.69) is 64.8 Å². The molecule has 0 aliphatic heterocycles. The van der Waals surface area contributed by atoms with Crippen LogP contribution < -0.4 is 10.6 Å². The Morgan fingerprint density at radius 3 is 2.43 bits per heavy atom. The molecule has 124 valence electrons. The normalized spacial score (nSPS) is 12.4. The van der Waals surface area contributed by atoms with Gasteiger partial charge in [0.1, 0.15) is 0 Å². The van der Waals surface area contributed by atoms with Crippen LogP contribution in [-0.2, 0) is 0 Å². The maximum Gasteiger partial charge on any atom is 0.0577 e. The zero-order valence-electron chi connectivity index (χ0n) is 14.2. The smallest absolute Gasteiger partial charge is 0.0577 e. The zero-order chi connectivity index (χ0) is 16.3. The van der Waals surface area contributed by atoms with Crippen molar-refractivity contribution >= 4 is 17.5 Å². The van der Waals surface area contributed by atoms with Crippen LogP contribution in [0.3, 0.4) is 0 Å². The molecule has 23 heavy (non-hydrogen) atoms. The lowest BCUT2D eigenvalue weighted by atomic mass is 10.0. The third kappa shape index (κ3) is 5.77. The molecule has 0 heterocycles. The van der Waals surface area contributed by atoms with E-state index in [9.17, 15) is 0 Å². The van der Waals surface area contributed by atoms with E-state index < -0.39 is 0 Å². The molecule has 2 N–H and O–H groups in total. The number of nitrogens with one attached hydrogen (secondary N) is 2. The maximum atomic E-state index is 4.11. The number of unbranched alkanes of at least 4 members (excludes halogenated alkanes) is 3. The summed E-state index contributed by atoms with van der Waals surface area (Å²) in [6.45, 7) is 6.54. The van der Waals surface area contributed by atoms with Crippen LogP contribution in [0.15, 0.2) is 47.5 Å². The first kappa shape index (κ1) is 17.6. The summed E-state index contributed by atoms with van der Waals surface area (Å²) in [5.41, 5.74) is 1.30. The van der Waals surface area contributed by atoms with Crippen molar-refractivity contribution in [3.05, 3.63) is 48.0 Å². The van der Waals surface area contributed by atoms with Crippen molar-refractivity contribution in [1.82, 2.24) is 10.6 Å². The summed E-state index contributed by atoms with van der Waals surface area (Å²) >= 11 is 0. The molecule has 0 spiro atoms. The molecule has 0 amide bonds. The Bertz CT molecular complexity index is 594. The second kappa shape index (κ2) is 10.1. The molecule has 0 aliphatic rings. The summed E-state index contributed by atoms with van der Waals surface area (Å²) in [6.07, 6.45) is 5.05. The molecule has 0 aromatic heterocycles. The van der Waals surface area contributed by atoms with E-state index in [0.29, 0.717) is 0 Å². The first-order valence-corrected chi connectivity index (χ1v) is 8.64. The lowest BCUT2D eigenvalue weighted by Gasteiger charge is -2.18. The van der Waals surface area contributed by atoms with E-state index >= 15 is 0 Å². The topological polar surface area (TPSA) is 36.4 Å². The highest BCUT2D eigenvalue weighted by molar-refractivity contribution is 5.83. The highest BCUT2D eigenvalue weighted by atomic mass is 14.9. The quantitative estimate of drug-likeness (QED) is 0.487. The SMILES string of the molecule is C=NCC(NCCCCCCNC)c1ccc2ccccc2c1. The second-order valence-electron chi connectivity index (χ2n) is 6.04. The minimum atomic E-state index is 0.259. The van der Waals surface area contributed by atoms with E-state index in [0.717, 1.165) is 19.6 Å². The van der Waals surface area contributed by atoms with Crippen molar-refractivity contribution in [3.63, 3.8) is 0 Å². The van der Waals surface area contributed by atoms with Crippen molar-refractivity contribution in [2.75, 3.05) is 26.7 Å². The molecule has 2 aromatic rings. The van der Waals surface area contributed by atoms with Crippen molar-refractivity contribution in [2.24, 2.45) is 4.99 Å². The van der Waals surface area contributed by atoms with Gasteiger partial charge >= 0.3 is 0 Å². The van der Waals surface area contributed by atoms with Crippen molar-refractivity contribution in [1.29, 1.82) is 0 Å². The predicted octanol–water partition coefficient (Wildman–Crippen LogP) is 3.95. The van der Waals surface area contributed by atoms with E-state index in [1.807, 2.05) is 7.05 Å². The van der Waals surface area contributed by atoms with Gasteiger partial charge in [-0.25, -0.2) is 0 Å². The van der Waals surface area contributed by atoms with Gasteiger partial charge in [-0.3, -0.25) is 4.99 Å². The molecule has 0 radical (unpaired) electrons. The van der Waals surface area contributed by atoms with Crippen LogP contribution in [0.2, 0.25) is 0 Å². The Hall–Kier alpha value is -1.71. The molecule has 2 rings (SSSR count). The largest absolute Gasteiger partial charge is 0.320 e. The molecular weight excluding hydrogens is 282 g/mol. The second-order valence-corrected chi connectivity index (χ2v) is 6.04. The number of benzene rings is 2. The van der Waals surface area contributed by atoms with Gasteiger partial charge in [0.15, 0.2) is 0 Å². The number of fused-ring (bicyclic) bond motifs is 1. The van der Waals surface area contributed by atoms with E-state index in [1.165, 1.54) is 42.0 Å². The molecule has 0 saturated carbocycles. The predicted molar refractivity (Wildman–Crippen MR) is 102 cm³/mol. The van der Waals surface area contributed by atoms with Gasteiger partial charge in [-0.1, -0.05) is 49.2 Å². The van der Waals surface area contributed by atoms with Crippen LogP contribution in [0.25, 0.3) is 10.8 Å². The first-order chi connectivity index (χ1) is 11.3. The van der Waals surface area contributed by atoms with Gasteiger partial charge in [0.05, 0.1) is 12.6 Å². The number of rotatable bonds is 11. The van der Waals surface area contributed by atoms with E-state index in [-0.39, 0.29) is 6.04 Å². The third-order valence-electron chi connectivity index (χ3n) is 4.23. The van der Waals surface area contributed by atoms with Crippen molar-refractivity contribution in [3.8, 4) is 0 Å². The van der Waals surface area contributed by atoms with Crippen LogP contribution >= 0.6 is 0 Å². The average Bonchev–Trinajstić information content (AvgIpc) is 2.59. The molecular formula is C20H29N3. The number of hydrogen-bond donors (Lipinski definition) is 2. The van der Waals surface area contributed by atoms with Gasteiger partial charge in [0, 0.05) is 0 Å². The average molecular weight is 311 g/mol. The zero-order valence-corrected chi connectivity index (χ0v) is 14.2. The molecule has 0 saturated heterocycles. The summed E-state index contributed by atoms with van der Waals surface area (Å²) in [5, 5.41) is 9.41.